The van der Waals surface area contributed by atoms with Gasteiger partial charge in [-0.05, 0) is 27.7 Å². The summed E-state index contributed by atoms with van der Waals surface area (Å²) in [6.07, 6.45) is -0.709. The zero-order chi connectivity index (χ0) is 17.6. The average molecular weight is 336 g/mol. The fourth-order valence-corrected chi connectivity index (χ4v) is 1.37. The van der Waals surface area contributed by atoms with E-state index in [4.69, 9.17) is 29.4 Å². The van der Waals surface area contributed by atoms with Crippen molar-refractivity contribution in [3.05, 3.63) is 0 Å². The Morgan fingerprint density at radius 1 is 0.957 bits per heavy atom. The summed E-state index contributed by atoms with van der Waals surface area (Å²) in [6.45, 7) is 10.9. The fourth-order valence-electron chi connectivity index (χ4n) is 1.37. The van der Waals surface area contributed by atoms with E-state index in [-0.39, 0.29) is 6.23 Å². The maximum absolute atomic E-state index is 11.3. The van der Waals surface area contributed by atoms with Gasteiger partial charge in [0.15, 0.2) is 0 Å². The van der Waals surface area contributed by atoms with Crippen LogP contribution in [0.1, 0.15) is 27.7 Å². The van der Waals surface area contributed by atoms with E-state index in [2.05, 4.69) is 5.32 Å². The number of carbonyl (C=O) groups is 1. The predicted octanol–water partition coefficient (Wildman–Crippen LogP) is 0.882. The lowest BCUT2D eigenvalue weighted by Gasteiger charge is -2.19. The molecule has 0 rings (SSSR count). The summed E-state index contributed by atoms with van der Waals surface area (Å²) in [7, 11) is 0. The molecule has 0 spiro atoms. The first-order valence-corrected chi connectivity index (χ1v) is 7.88. The Balaban J connectivity index is 3.18. The van der Waals surface area contributed by atoms with E-state index in [1.54, 1.807) is 6.92 Å². The van der Waals surface area contributed by atoms with Gasteiger partial charge in [-0.15, -0.1) is 0 Å². The Labute approximate surface area is 138 Å². The number of ether oxygens (including phenoxy) is 5. The van der Waals surface area contributed by atoms with Gasteiger partial charge >= 0.3 is 6.09 Å². The van der Waals surface area contributed by atoms with E-state index in [0.29, 0.717) is 52.8 Å². The molecule has 0 heterocycles. The highest BCUT2D eigenvalue weighted by Gasteiger charge is 2.15. The summed E-state index contributed by atoms with van der Waals surface area (Å²) in [6, 6.07) is 0. The number of alkyl carbamates (subject to hydrolysis) is 1. The number of rotatable bonds is 13. The normalized spacial score (nSPS) is 12.9. The summed E-state index contributed by atoms with van der Waals surface area (Å²) in [4.78, 5) is 11.3. The SMILES string of the molecule is CC(N)OCCOCCOCCOCCNC(=O)OC(C)(C)C. The van der Waals surface area contributed by atoms with E-state index in [0.717, 1.165) is 0 Å². The number of hydrogen-bond acceptors (Lipinski definition) is 7. The van der Waals surface area contributed by atoms with Gasteiger partial charge in [0.2, 0.25) is 0 Å². The van der Waals surface area contributed by atoms with Crippen molar-refractivity contribution >= 4 is 6.09 Å². The van der Waals surface area contributed by atoms with Gasteiger partial charge in [0.25, 0.3) is 0 Å². The van der Waals surface area contributed by atoms with Crippen LogP contribution in [0.5, 0.6) is 0 Å². The fraction of sp³-hybridized carbons (Fsp3) is 0.933. The highest BCUT2D eigenvalue weighted by Crippen LogP contribution is 2.05. The number of carbonyl (C=O) groups excluding carboxylic acids is 1. The monoisotopic (exact) mass is 336 g/mol. The van der Waals surface area contributed by atoms with E-state index in [1.807, 2.05) is 20.8 Å². The highest BCUT2D eigenvalue weighted by molar-refractivity contribution is 5.67. The maximum Gasteiger partial charge on any atom is 0.407 e. The van der Waals surface area contributed by atoms with Crippen molar-refractivity contribution in [2.45, 2.75) is 39.5 Å². The van der Waals surface area contributed by atoms with Crippen molar-refractivity contribution in [3.8, 4) is 0 Å². The van der Waals surface area contributed by atoms with E-state index in [1.165, 1.54) is 0 Å². The number of amides is 1. The lowest BCUT2D eigenvalue weighted by atomic mass is 10.2. The zero-order valence-electron chi connectivity index (χ0n) is 14.8. The van der Waals surface area contributed by atoms with Crippen LogP contribution in [-0.4, -0.2) is 70.7 Å². The van der Waals surface area contributed by atoms with Crippen LogP contribution in [0.15, 0.2) is 0 Å². The average Bonchev–Trinajstić information content (AvgIpc) is 2.41. The highest BCUT2D eigenvalue weighted by atomic mass is 16.6. The largest absolute Gasteiger partial charge is 0.444 e. The van der Waals surface area contributed by atoms with E-state index >= 15 is 0 Å². The summed E-state index contributed by atoms with van der Waals surface area (Å²) < 4.78 is 26.1. The number of nitrogens with two attached hydrogens (primary N) is 1. The molecule has 0 aromatic rings. The molecule has 0 radical (unpaired) electrons. The summed E-state index contributed by atoms with van der Waals surface area (Å²) in [5.74, 6) is 0. The minimum Gasteiger partial charge on any atom is -0.444 e. The third kappa shape index (κ3) is 19.0. The van der Waals surface area contributed by atoms with Crippen molar-refractivity contribution in [1.82, 2.24) is 5.32 Å². The van der Waals surface area contributed by atoms with Gasteiger partial charge < -0.3 is 34.7 Å². The van der Waals surface area contributed by atoms with Gasteiger partial charge in [-0.25, -0.2) is 4.79 Å². The second-order valence-electron chi connectivity index (χ2n) is 5.84. The predicted molar refractivity (Wildman–Crippen MR) is 86.3 cm³/mol. The minimum absolute atomic E-state index is 0.267. The molecule has 0 aliphatic carbocycles. The van der Waals surface area contributed by atoms with Crippen LogP contribution in [0.3, 0.4) is 0 Å². The van der Waals surface area contributed by atoms with E-state index in [9.17, 15) is 4.79 Å². The molecule has 0 saturated carbocycles. The Kier molecular flexibility index (Phi) is 13.0. The molecule has 0 saturated heterocycles. The third-order valence-corrected chi connectivity index (χ3v) is 2.27. The van der Waals surface area contributed by atoms with Gasteiger partial charge in [-0.1, -0.05) is 0 Å². The van der Waals surface area contributed by atoms with Crippen LogP contribution in [0.4, 0.5) is 4.79 Å². The Hall–Kier alpha value is -0.930. The molecule has 138 valence electrons. The van der Waals surface area contributed by atoms with Crippen LogP contribution in [0.25, 0.3) is 0 Å². The molecule has 1 atom stereocenters. The topological polar surface area (TPSA) is 101 Å². The molecule has 0 aliphatic heterocycles. The van der Waals surface area contributed by atoms with Gasteiger partial charge in [0, 0.05) is 6.54 Å². The molecule has 8 nitrogen and oxygen atoms in total. The van der Waals surface area contributed by atoms with Crippen molar-refractivity contribution in [2.75, 3.05) is 52.8 Å². The second kappa shape index (κ2) is 13.5. The molecule has 8 heteroatoms. The van der Waals surface area contributed by atoms with Gasteiger partial charge in [-0.2, -0.15) is 0 Å². The smallest absolute Gasteiger partial charge is 0.407 e. The summed E-state index contributed by atoms with van der Waals surface area (Å²) in [5, 5.41) is 2.61. The van der Waals surface area contributed by atoms with Crippen LogP contribution >= 0.6 is 0 Å². The quantitative estimate of drug-likeness (QED) is 0.380. The van der Waals surface area contributed by atoms with Gasteiger partial charge in [0.1, 0.15) is 11.8 Å². The molecule has 0 aromatic heterocycles. The summed E-state index contributed by atoms with van der Waals surface area (Å²) in [5.41, 5.74) is 4.93. The first kappa shape index (κ1) is 22.1. The first-order chi connectivity index (χ1) is 10.8. The van der Waals surface area contributed by atoms with Crippen LogP contribution < -0.4 is 11.1 Å². The Morgan fingerprint density at radius 2 is 1.43 bits per heavy atom. The lowest BCUT2D eigenvalue weighted by molar-refractivity contribution is -0.0136. The van der Waals surface area contributed by atoms with E-state index < -0.39 is 11.7 Å². The third-order valence-electron chi connectivity index (χ3n) is 2.27. The molecule has 0 aliphatic rings. The van der Waals surface area contributed by atoms with Crippen molar-refractivity contribution in [3.63, 3.8) is 0 Å². The first-order valence-electron chi connectivity index (χ1n) is 7.88. The van der Waals surface area contributed by atoms with Crippen LogP contribution in [-0.2, 0) is 23.7 Å². The molecule has 0 aromatic carbocycles. The Morgan fingerprint density at radius 3 is 1.91 bits per heavy atom. The lowest BCUT2D eigenvalue weighted by Crippen LogP contribution is -2.34. The molecule has 0 bridgehead atoms. The second-order valence-corrected chi connectivity index (χ2v) is 5.84. The number of nitrogens with one attached hydrogen (secondary N) is 1. The Bertz CT molecular complexity index is 294. The zero-order valence-corrected chi connectivity index (χ0v) is 14.8. The molecular weight excluding hydrogens is 304 g/mol. The number of hydrogen-bond donors (Lipinski definition) is 2. The van der Waals surface area contributed by atoms with Crippen molar-refractivity contribution in [2.24, 2.45) is 5.73 Å². The minimum atomic E-state index is -0.491. The van der Waals surface area contributed by atoms with Crippen LogP contribution in [0.2, 0.25) is 0 Å². The maximum atomic E-state index is 11.3. The standard InChI is InChI=1S/C15H32N2O6/c1-13(16)22-12-11-21-10-9-20-8-7-19-6-5-17-14(18)23-15(2,3)4/h13H,5-12,16H2,1-4H3,(H,17,18). The molecule has 1 amide bonds. The van der Waals surface area contributed by atoms with Crippen molar-refractivity contribution in [1.29, 1.82) is 0 Å². The molecular formula is C15H32N2O6. The van der Waals surface area contributed by atoms with Gasteiger partial charge in [0.05, 0.1) is 46.2 Å². The molecule has 0 fully saturated rings. The van der Waals surface area contributed by atoms with Crippen LogP contribution in [0, 0.1) is 0 Å². The van der Waals surface area contributed by atoms with Crippen molar-refractivity contribution < 1.29 is 28.5 Å². The van der Waals surface area contributed by atoms with Gasteiger partial charge in [-0.3, -0.25) is 0 Å². The molecule has 23 heavy (non-hydrogen) atoms. The molecule has 1 unspecified atom stereocenters. The molecule has 3 N–H and O–H groups in total. The summed E-state index contributed by atoms with van der Waals surface area (Å²) >= 11 is 0.